The lowest BCUT2D eigenvalue weighted by atomic mass is 10.3. The number of benzene rings is 1. The van der Waals surface area contributed by atoms with E-state index in [1.54, 1.807) is 30.5 Å². The summed E-state index contributed by atoms with van der Waals surface area (Å²) >= 11 is 15.1. The summed E-state index contributed by atoms with van der Waals surface area (Å²) in [6.07, 6.45) is 1.64. The Morgan fingerprint density at radius 1 is 1.19 bits per heavy atom. The monoisotopic (exact) mass is 317 g/mol. The quantitative estimate of drug-likeness (QED) is 0.782. The third-order valence-corrected chi connectivity index (χ3v) is 2.96. The maximum atomic E-state index is 5.98. The van der Waals surface area contributed by atoms with Crippen molar-refractivity contribution < 1.29 is 4.74 Å². The fraction of sp³-hybridized carbons (Fsp3) is 0. The second kappa shape index (κ2) is 5.04. The van der Waals surface area contributed by atoms with Crippen molar-refractivity contribution in [3.8, 4) is 11.6 Å². The zero-order chi connectivity index (χ0) is 11.5. The molecular formula is C11H6BrCl2NO. The third kappa shape index (κ3) is 2.67. The highest BCUT2D eigenvalue weighted by molar-refractivity contribution is 9.10. The molecule has 2 nitrogen and oxygen atoms in total. The Morgan fingerprint density at radius 2 is 2.00 bits per heavy atom. The molecule has 0 aliphatic rings. The van der Waals surface area contributed by atoms with E-state index in [0.717, 1.165) is 4.47 Å². The van der Waals surface area contributed by atoms with E-state index in [-0.39, 0.29) is 0 Å². The first-order valence-corrected chi connectivity index (χ1v) is 5.95. The van der Waals surface area contributed by atoms with Gasteiger partial charge in [0, 0.05) is 11.2 Å². The minimum absolute atomic E-state index is 0.449. The summed E-state index contributed by atoms with van der Waals surface area (Å²) in [5.74, 6) is 0.984. The molecule has 0 aliphatic carbocycles. The Morgan fingerprint density at radius 3 is 2.69 bits per heavy atom. The second-order valence-electron chi connectivity index (χ2n) is 2.97. The number of hydrogen-bond donors (Lipinski definition) is 0. The van der Waals surface area contributed by atoms with Crippen molar-refractivity contribution in [3.63, 3.8) is 0 Å². The fourth-order valence-electron chi connectivity index (χ4n) is 1.11. The van der Waals surface area contributed by atoms with Gasteiger partial charge in [-0.1, -0.05) is 23.2 Å². The summed E-state index contributed by atoms with van der Waals surface area (Å²) < 4.78 is 6.31. The molecule has 2 aromatic rings. The van der Waals surface area contributed by atoms with Crippen LogP contribution in [0.25, 0.3) is 0 Å². The number of halogens is 3. The van der Waals surface area contributed by atoms with Crippen molar-refractivity contribution in [2.45, 2.75) is 0 Å². The summed E-state index contributed by atoms with van der Waals surface area (Å²) in [7, 11) is 0. The molecule has 0 atom stereocenters. The van der Waals surface area contributed by atoms with E-state index in [0.29, 0.717) is 21.7 Å². The second-order valence-corrected chi connectivity index (χ2v) is 4.67. The highest BCUT2D eigenvalue weighted by Gasteiger charge is 2.07. The highest BCUT2D eigenvalue weighted by Crippen LogP contribution is 2.33. The van der Waals surface area contributed by atoms with Gasteiger partial charge in [-0.15, -0.1) is 0 Å². The van der Waals surface area contributed by atoms with Crippen LogP contribution in [0.5, 0.6) is 11.6 Å². The number of nitrogens with zero attached hydrogens (tertiary/aromatic N) is 1. The van der Waals surface area contributed by atoms with Gasteiger partial charge in [-0.2, -0.15) is 0 Å². The molecule has 0 aliphatic heterocycles. The molecule has 2 rings (SSSR count). The number of ether oxygens (including phenoxy) is 1. The maximum absolute atomic E-state index is 5.98. The predicted molar refractivity (Wildman–Crippen MR) is 68.5 cm³/mol. The Labute approximate surface area is 111 Å². The first-order valence-electron chi connectivity index (χ1n) is 4.40. The lowest BCUT2D eigenvalue weighted by Gasteiger charge is -2.07. The summed E-state index contributed by atoms with van der Waals surface area (Å²) in [5, 5.41) is 1.02. The van der Waals surface area contributed by atoms with Crippen LogP contribution in [-0.2, 0) is 0 Å². The summed E-state index contributed by atoms with van der Waals surface area (Å²) in [4.78, 5) is 4.08. The van der Waals surface area contributed by atoms with Gasteiger partial charge in [-0.25, -0.2) is 4.98 Å². The number of rotatable bonds is 2. The van der Waals surface area contributed by atoms with Crippen molar-refractivity contribution in [3.05, 3.63) is 51.0 Å². The summed E-state index contributed by atoms with van der Waals surface area (Å²) in [6.45, 7) is 0. The van der Waals surface area contributed by atoms with Crippen molar-refractivity contribution in [2.24, 2.45) is 0 Å². The van der Waals surface area contributed by atoms with Gasteiger partial charge in [-0.05, 0) is 46.3 Å². The van der Waals surface area contributed by atoms with Crippen molar-refractivity contribution >= 4 is 39.1 Å². The Bertz CT molecular complexity index is 519. The number of hydrogen-bond acceptors (Lipinski definition) is 2. The molecular weight excluding hydrogens is 313 g/mol. The Kier molecular flexibility index (Phi) is 3.69. The SMILES string of the molecule is Clc1ccc(Oc2ncccc2Br)c(Cl)c1. The van der Waals surface area contributed by atoms with Crippen LogP contribution in [-0.4, -0.2) is 4.98 Å². The fourth-order valence-corrected chi connectivity index (χ4v) is 1.89. The smallest absolute Gasteiger partial charge is 0.233 e. The van der Waals surface area contributed by atoms with Crippen LogP contribution in [0.4, 0.5) is 0 Å². The molecule has 5 heteroatoms. The van der Waals surface area contributed by atoms with Crippen molar-refractivity contribution in [1.82, 2.24) is 4.98 Å². The molecule has 0 saturated heterocycles. The van der Waals surface area contributed by atoms with Gasteiger partial charge in [0.1, 0.15) is 5.75 Å². The van der Waals surface area contributed by atoms with Gasteiger partial charge in [0.25, 0.3) is 0 Å². The Balaban J connectivity index is 2.31. The predicted octanol–water partition coefficient (Wildman–Crippen LogP) is 4.94. The Hall–Kier alpha value is -0.770. The van der Waals surface area contributed by atoms with E-state index < -0.39 is 0 Å². The maximum Gasteiger partial charge on any atom is 0.233 e. The molecule has 82 valence electrons. The molecule has 0 saturated carbocycles. The molecule has 0 N–H and O–H groups in total. The average Bonchev–Trinajstić information content (AvgIpc) is 2.25. The normalized spacial score (nSPS) is 10.2. The largest absolute Gasteiger partial charge is 0.436 e. The van der Waals surface area contributed by atoms with Crippen LogP contribution in [0.2, 0.25) is 10.0 Å². The molecule has 0 spiro atoms. The molecule has 0 radical (unpaired) electrons. The average molecular weight is 319 g/mol. The van der Waals surface area contributed by atoms with Crippen molar-refractivity contribution in [2.75, 3.05) is 0 Å². The van der Waals surface area contributed by atoms with E-state index in [2.05, 4.69) is 20.9 Å². The molecule has 0 fully saturated rings. The van der Waals surface area contributed by atoms with Crippen LogP contribution in [0, 0.1) is 0 Å². The van der Waals surface area contributed by atoms with Gasteiger partial charge in [0.15, 0.2) is 0 Å². The van der Waals surface area contributed by atoms with Gasteiger partial charge in [0.2, 0.25) is 5.88 Å². The van der Waals surface area contributed by atoms with E-state index >= 15 is 0 Å². The van der Waals surface area contributed by atoms with Gasteiger partial charge >= 0.3 is 0 Å². The first kappa shape index (κ1) is 11.7. The van der Waals surface area contributed by atoms with Crippen LogP contribution in [0.3, 0.4) is 0 Å². The van der Waals surface area contributed by atoms with Gasteiger partial charge in [0.05, 0.1) is 9.50 Å². The molecule has 16 heavy (non-hydrogen) atoms. The summed E-state index contributed by atoms with van der Waals surface area (Å²) in [6, 6.07) is 8.67. The summed E-state index contributed by atoms with van der Waals surface area (Å²) in [5.41, 5.74) is 0. The van der Waals surface area contributed by atoms with E-state index in [4.69, 9.17) is 27.9 Å². The van der Waals surface area contributed by atoms with Crippen LogP contribution >= 0.6 is 39.1 Å². The number of pyridine rings is 1. The molecule has 1 aromatic heterocycles. The standard InChI is InChI=1S/C11H6BrCl2NO/c12-8-2-1-5-15-11(8)16-10-4-3-7(13)6-9(10)14/h1-6H. The minimum atomic E-state index is 0.449. The van der Waals surface area contributed by atoms with Crippen molar-refractivity contribution in [1.29, 1.82) is 0 Å². The molecule has 0 unspecified atom stereocenters. The van der Waals surface area contributed by atoms with Crippen LogP contribution < -0.4 is 4.74 Å². The zero-order valence-electron chi connectivity index (χ0n) is 7.95. The molecule has 1 heterocycles. The van der Waals surface area contributed by atoms with Gasteiger partial charge in [-0.3, -0.25) is 0 Å². The molecule has 0 bridgehead atoms. The number of aromatic nitrogens is 1. The van der Waals surface area contributed by atoms with Gasteiger partial charge < -0.3 is 4.74 Å². The minimum Gasteiger partial charge on any atom is -0.436 e. The first-order chi connectivity index (χ1) is 7.66. The van der Waals surface area contributed by atoms with E-state index in [1.807, 2.05) is 6.07 Å². The van der Waals surface area contributed by atoms with Crippen LogP contribution in [0.1, 0.15) is 0 Å². The van der Waals surface area contributed by atoms with E-state index in [1.165, 1.54) is 0 Å². The molecule has 1 aromatic carbocycles. The van der Waals surface area contributed by atoms with Crippen LogP contribution in [0.15, 0.2) is 41.0 Å². The third-order valence-electron chi connectivity index (χ3n) is 1.83. The molecule has 0 amide bonds. The topological polar surface area (TPSA) is 22.1 Å². The lowest BCUT2D eigenvalue weighted by molar-refractivity contribution is 0.460. The highest BCUT2D eigenvalue weighted by atomic mass is 79.9. The zero-order valence-corrected chi connectivity index (χ0v) is 11.1. The lowest BCUT2D eigenvalue weighted by Crippen LogP contribution is -1.89. The van der Waals surface area contributed by atoms with E-state index in [9.17, 15) is 0 Å².